The van der Waals surface area contributed by atoms with Crippen LogP contribution < -0.4 is 4.74 Å². The highest BCUT2D eigenvalue weighted by Gasteiger charge is 2.45. The molecule has 26 heavy (non-hydrogen) atoms. The second kappa shape index (κ2) is 7.42. The summed E-state index contributed by atoms with van der Waals surface area (Å²) in [5.74, 6) is -1.63. The predicted molar refractivity (Wildman–Crippen MR) is 99.3 cm³/mol. The molecular formula is C22H20O4. The van der Waals surface area contributed by atoms with Crippen molar-refractivity contribution in [2.75, 3.05) is 7.11 Å². The van der Waals surface area contributed by atoms with E-state index in [0.29, 0.717) is 22.4 Å². The fourth-order valence-electron chi connectivity index (χ4n) is 3.25. The highest BCUT2D eigenvalue weighted by molar-refractivity contribution is 5.79. The topological polar surface area (TPSA) is 66.8 Å². The number of aliphatic carboxylic acids is 1. The molecule has 4 heteroatoms. The Morgan fingerprint density at radius 3 is 1.85 bits per heavy atom. The van der Waals surface area contributed by atoms with E-state index >= 15 is 0 Å². The second-order valence-corrected chi connectivity index (χ2v) is 6.04. The van der Waals surface area contributed by atoms with Crippen LogP contribution in [0.15, 0.2) is 84.9 Å². The summed E-state index contributed by atoms with van der Waals surface area (Å²) in [5, 5.41) is 21.8. The first-order valence-electron chi connectivity index (χ1n) is 8.27. The molecule has 0 saturated heterocycles. The first-order chi connectivity index (χ1) is 12.6. The monoisotopic (exact) mass is 348 g/mol. The smallest absolute Gasteiger partial charge is 0.314 e. The Kier molecular flexibility index (Phi) is 5.05. The average Bonchev–Trinajstić information content (AvgIpc) is 2.69. The van der Waals surface area contributed by atoms with Gasteiger partial charge in [0.1, 0.15) is 17.3 Å². The maximum absolute atomic E-state index is 12.2. The average molecular weight is 348 g/mol. The van der Waals surface area contributed by atoms with E-state index in [1.165, 1.54) is 0 Å². The molecule has 0 amide bonds. The predicted octanol–water partition coefficient (Wildman–Crippen LogP) is 3.80. The summed E-state index contributed by atoms with van der Waals surface area (Å²) in [5.41, 5.74) is -0.204. The second-order valence-electron chi connectivity index (χ2n) is 6.04. The molecule has 2 N–H and O–H groups in total. The number of methoxy groups -OCH3 is 1. The Labute approximate surface area is 152 Å². The number of carboxylic acid groups (broad SMARTS) is 1. The Morgan fingerprint density at radius 2 is 1.35 bits per heavy atom. The third-order valence-electron chi connectivity index (χ3n) is 4.54. The van der Waals surface area contributed by atoms with Gasteiger partial charge >= 0.3 is 5.97 Å². The highest BCUT2D eigenvalue weighted by Crippen LogP contribution is 2.43. The van der Waals surface area contributed by atoms with Gasteiger partial charge in [0.15, 0.2) is 0 Å². The van der Waals surface area contributed by atoms with Crippen molar-refractivity contribution in [1.29, 1.82) is 0 Å². The lowest BCUT2D eigenvalue weighted by Gasteiger charge is -2.35. The molecule has 4 nitrogen and oxygen atoms in total. The van der Waals surface area contributed by atoms with Crippen molar-refractivity contribution in [3.63, 3.8) is 0 Å². The molecule has 0 spiro atoms. The van der Waals surface area contributed by atoms with E-state index in [4.69, 9.17) is 4.74 Å². The largest absolute Gasteiger partial charge is 0.497 e. The van der Waals surface area contributed by atoms with Crippen LogP contribution >= 0.6 is 0 Å². The first kappa shape index (κ1) is 17.7. The maximum atomic E-state index is 12.2. The first-order valence-corrected chi connectivity index (χ1v) is 8.27. The third-order valence-corrected chi connectivity index (χ3v) is 4.54. The summed E-state index contributed by atoms with van der Waals surface area (Å²) in [6.45, 7) is 0. The molecule has 0 saturated carbocycles. The van der Waals surface area contributed by atoms with E-state index in [0.717, 1.165) is 0 Å². The number of ether oxygens (including phenoxy) is 1. The van der Waals surface area contributed by atoms with Crippen LogP contribution in [0, 0.1) is 0 Å². The number of hydrogen-bond donors (Lipinski definition) is 2. The Morgan fingerprint density at radius 1 is 0.846 bits per heavy atom. The number of carbonyl (C=O) groups is 1. The molecule has 132 valence electrons. The van der Waals surface area contributed by atoms with Crippen LogP contribution in [0.1, 0.15) is 22.6 Å². The quantitative estimate of drug-likeness (QED) is 0.711. The van der Waals surface area contributed by atoms with Crippen LogP contribution in [0.5, 0.6) is 5.75 Å². The van der Waals surface area contributed by atoms with Gasteiger partial charge in [-0.25, -0.2) is 0 Å². The molecule has 0 aliphatic heterocycles. The summed E-state index contributed by atoms with van der Waals surface area (Å²) in [6.07, 6.45) is 0. The summed E-state index contributed by atoms with van der Waals surface area (Å²) in [7, 11) is 1.56. The van der Waals surface area contributed by atoms with Gasteiger partial charge in [-0.15, -0.1) is 0 Å². The number of benzene rings is 3. The number of hydrogen-bond acceptors (Lipinski definition) is 3. The van der Waals surface area contributed by atoms with Gasteiger partial charge in [-0.1, -0.05) is 72.8 Å². The molecule has 3 aromatic rings. The number of aliphatic hydroxyl groups is 1. The van der Waals surface area contributed by atoms with Crippen molar-refractivity contribution < 1.29 is 19.7 Å². The molecule has 0 unspecified atom stereocenters. The van der Waals surface area contributed by atoms with Crippen LogP contribution in [-0.2, 0) is 10.4 Å². The molecule has 0 fully saturated rings. The molecule has 2 atom stereocenters. The lowest BCUT2D eigenvalue weighted by molar-refractivity contribution is -0.144. The third kappa shape index (κ3) is 3.19. The zero-order valence-electron chi connectivity index (χ0n) is 14.4. The van der Waals surface area contributed by atoms with E-state index in [1.807, 2.05) is 12.1 Å². The molecule has 0 heterocycles. The summed E-state index contributed by atoms with van der Waals surface area (Å²) >= 11 is 0. The summed E-state index contributed by atoms with van der Waals surface area (Å²) in [4.78, 5) is 12.2. The molecule has 0 aliphatic rings. The van der Waals surface area contributed by atoms with E-state index in [-0.39, 0.29) is 0 Å². The molecule has 0 radical (unpaired) electrons. The number of rotatable bonds is 6. The van der Waals surface area contributed by atoms with Crippen LogP contribution in [-0.4, -0.2) is 23.3 Å². The van der Waals surface area contributed by atoms with Gasteiger partial charge < -0.3 is 14.9 Å². The van der Waals surface area contributed by atoms with Crippen molar-refractivity contribution in [1.82, 2.24) is 0 Å². The summed E-state index contributed by atoms with van der Waals surface area (Å²) < 4.78 is 5.18. The standard InChI is InChI=1S/C22H20O4/c1-26-19-14-12-18(13-15-19)22(25,17-10-6-3-7-11-17)20(21(23)24)16-8-4-2-5-9-16/h2-15,20,25H,1H3,(H,23,24)/t20-,22+/m1/s1. The van der Waals surface area contributed by atoms with Gasteiger partial charge in [-0.3, -0.25) is 4.79 Å². The zero-order valence-corrected chi connectivity index (χ0v) is 14.4. The highest BCUT2D eigenvalue weighted by atomic mass is 16.5. The van der Waals surface area contributed by atoms with E-state index in [1.54, 1.807) is 79.9 Å². The number of carboxylic acids is 1. The Balaban J connectivity index is 2.24. The van der Waals surface area contributed by atoms with Gasteiger partial charge in [-0.2, -0.15) is 0 Å². The lowest BCUT2D eigenvalue weighted by atomic mass is 9.73. The molecule has 0 bridgehead atoms. The van der Waals surface area contributed by atoms with E-state index in [9.17, 15) is 15.0 Å². The van der Waals surface area contributed by atoms with Crippen molar-refractivity contribution in [2.24, 2.45) is 0 Å². The fourth-order valence-corrected chi connectivity index (χ4v) is 3.25. The maximum Gasteiger partial charge on any atom is 0.314 e. The summed E-state index contributed by atoms with van der Waals surface area (Å²) in [6, 6.07) is 24.5. The van der Waals surface area contributed by atoms with Crippen LogP contribution in [0.4, 0.5) is 0 Å². The van der Waals surface area contributed by atoms with Crippen molar-refractivity contribution in [2.45, 2.75) is 11.5 Å². The normalized spacial score (nSPS) is 14.2. The van der Waals surface area contributed by atoms with Gasteiger partial charge in [0, 0.05) is 0 Å². The Bertz CT molecular complexity index is 860. The van der Waals surface area contributed by atoms with E-state index < -0.39 is 17.5 Å². The van der Waals surface area contributed by atoms with Crippen LogP contribution in [0.2, 0.25) is 0 Å². The van der Waals surface area contributed by atoms with Gasteiger partial charge in [-0.05, 0) is 28.8 Å². The van der Waals surface area contributed by atoms with Crippen molar-refractivity contribution >= 4 is 5.97 Å². The van der Waals surface area contributed by atoms with Crippen molar-refractivity contribution in [3.05, 3.63) is 102 Å². The molecule has 0 aliphatic carbocycles. The van der Waals surface area contributed by atoms with Gasteiger partial charge in [0.2, 0.25) is 0 Å². The van der Waals surface area contributed by atoms with Crippen LogP contribution in [0.25, 0.3) is 0 Å². The zero-order chi connectivity index (χ0) is 18.6. The lowest BCUT2D eigenvalue weighted by Crippen LogP contribution is -2.39. The minimum Gasteiger partial charge on any atom is -0.497 e. The molecule has 0 aromatic heterocycles. The minimum absolute atomic E-state index is 0.487. The van der Waals surface area contributed by atoms with E-state index in [2.05, 4.69) is 0 Å². The van der Waals surface area contributed by atoms with Crippen molar-refractivity contribution in [3.8, 4) is 5.75 Å². The van der Waals surface area contributed by atoms with Gasteiger partial charge in [0.05, 0.1) is 7.11 Å². The SMILES string of the molecule is COc1ccc([C@@](O)(c2ccccc2)[C@@H](C(=O)O)c2ccccc2)cc1. The molecule has 3 rings (SSSR count). The fraction of sp³-hybridized carbons (Fsp3) is 0.136. The Hall–Kier alpha value is -3.11. The van der Waals surface area contributed by atoms with Crippen LogP contribution in [0.3, 0.4) is 0 Å². The van der Waals surface area contributed by atoms with Gasteiger partial charge in [0.25, 0.3) is 0 Å². The molecular weight excluding hydrogens is 328 g/mol. The minimum atomic E-state index is -1.74. The molecule has 3 aromatic carbocycles.